The molecule has 396 valence electrons. The summed E-state index contributed by atoms with van der Waals surface area (Å²) in [5, 5.41) is 18.5. The van der Waals surface area contributed by atoms with Crippen molar-refractivity contribution in [2.24, 2.45) is 5.73 Å². The van der Waals surface area contributed by atoms with Gasteiger partial charge in [0.05, 0.1) is 0 Å². The molecular weight excluding hydrogens is 936 g/mol. The highest BCUT2D eigenvalue weighted by atomic mass is 35.5. The van der Waals surface area contributed by atoms with Gasteiger partial charge in [-0.2, -0.15) is 4.98 Å². The molecule has 0 fully saturated rings. The number of unbranched alkanes of at least 4 members (excludes halogenated alkanes) is 1. The zero-order valence-electron chi connectivity index (χ0n) is 44.9. The number of fused-ring (bicyclic) bond motifs is 2. The minimum Gasteiger partial charge on any atom is -0.460 e. The number of alkyl carbamates (subject to hydrolysis) is 1. The molecule has 0 saturated carbocycles. The first-order valence-electron chi connectivity index (χ1n) is 25.0. The van der Waals surface area contributed by atoms with E-state index in [-0.39, 0.29) is 23.4 Å². The fraction of sp³-hybridized carbons (Fsp3) is 0.547. The van der Waals surface area contributed by atoms with Crippen LogP contribution in [-0.2, 0) is 36.7 Å². The Kier molecular flexibility index (Phi) is 24.6. The first-order valence-corrected chi connectivity index (χ1v) is 25.3. The first kappa shape index (κ1) is 60.2. The lowest BCUT2D eigenvalue weighted by Gasteiger charge is -2.28. The van der Waals surface area contributed by atoms with Gasteiger partial charge in [0.2, 0.25) is 23.7 Å². The van der Waals surface area contributed by atoms with E-state index in [1.54, 1.807) is 12.4 Å². The van der Waals surface area contributed by atoms with Gasteiger partial charge in [-0.3, -0.25) is 19.3 Å². The number of ether oxygens (including phenoxy) is 2. The predicted octanol–water partition coefficient (Wildman–Crippen LogP) is 10.4. The molecule has 0 saturated heterocycles. The van der Waals surface area contributed by atoms with Crippen molar-refractivity contribution in [3.63, 3.8) is 0 Å². The lowest BCUT2D eigenvalue weighted by Crippen LogP contribution is -2.36. The number of carbonyl (C=O) groups is 4. The van der Waals surface area contributed by atoms with Crippen LogP contribution in [0, 0.1) is 13.8 Å². The summed E-state index contributed by atoms with van der Waals surface area (Å²) in [4.78, 5) is 65.3. The maximum atomic E-state index is 11.7. The Morgan fingerprint density at radius 1 is 0.736 bits per heavy atom. The molecule has 19 heteroatoms. The Bertz CT molecular complexity index is 2380. The van der Waals surface area contributed by atoms with Crippen LogP contribution >= 0.6 is 11.6 Å². The summed E-state index contributed by atoms with van der Waals surface area (Å²) >= 11 is 5.97. The molecule has 2 aliphatic heterocycles. The Balaban J connectivity index is 0.000000285. The van der Waals surface area contributed by atoms with Crippen LogP contribution in [0.3, 0.4) is 0 Å². The van der Waals surface area contributed by atoms with Gasteiger partial charge in [-0.1, -0.05) is 18.5 Å². The summed E-state index contributed by atoms with van der Waals surface area (Å²) in [7, 11) is 0. The van der Waals surface area contributed by atoms with Crippen LogP contribution < -0.4 is 37.6 Å². The second-order valence-electron chi connectivity index (χ2n) is 20.0. The molecule has 0 atom stereocenters. The number of nitrogens with zero attached hydrogens (tertiary/aromatic N) is 5. The van der Waals surface area contributed by atoms with Crippen LogP contribution in [-0.4, -0.2) is 98.2 Å². The average molecular weight is 1020 g/mol. The van der Waals surface area contributed by atoms with E-state index in [0.717, 1.165) is 89.5 Å². The van der Waals surface area contributed by atoms with E-state index in [0.29, 0.717) is 68.0 Å². The number of aromatic nitrogens is 4. The number of rotatable bonds is 16. The number of amides is 3. The molecule has 0 unspecified atom stereocenters. The summed E-state index contributed by atoms with van der Waals surface area (Å²) < 4.78 is 10.3. The average Bonchev–Trinajstić information content (AvgIpc) is 3.28. The molecule has 0 radical (unpaired) electrons. The van der Waals surface area contributed by atoms with E-state index in [2.05, 4.69) is 91.4 Å². The molecule has 4 aromatic rings. The van der Waals surface area contributed by atoms with Crippen molar-refractivity contribution >= 4 is 75.9 Å². The molecule has 18 nitrogen and oxygen atoms in total. The van der Waals surface area contributed by atoms with Crippen molar-refractivity contribution in [1.82, 2.24) is 30.2 Å². The Hall–Kier alpha value is -6.11. The number of anilines is 7. The molecular formula is C53H81ClN12O6. The topological polar surface area (TPSA) is 240 Å². The van der Waals surface area contributed by atoms with E-state index in [1.165, 1.54) is 0 Å². The normalized spacial score (nSPS) is 12.8. The van der Waals surface area contributed by atoms with Crippen LogP contribution in [0.25, 0.3) is 0 Å². The molecule has 6 rings (SSSR count). The molecule has 8 N–H and O–H groups in total. The maximum Gasteiger partial charge on any atom is 0.407 e. The third kappa shape index (κ3) is 23.0. The molecule has 0 spiro atoms. The SMILES string of the molecule is CC(C)(C)OC(=O)CCCCN.CCN(C(C)C)C(C)C.Cc1cnc(Nc2ccc3c(c2)CCC(=O)N3)nc1Cl.Cc1cnc(Nc2ccc3c(c2)CCC(=O)N3)nc1NCCCNC(=O)OC(C)(C)C. The third-order valence-corrected chi connectivity index (χ3v) is 11.0. The zero-order chi connectivity index (χ0) is 53.6. The summed E-state index contributed by atoms with van der Waals surface area (Å²) in [5.41, 5.74) is 11.9. The number of hydrogen-bond donors (Lipinski definition) is 7. The predicted molar refractivity (Wildman–Crippen MR) is 291 cm³/mol. The molecule has 3 amide bonds. The zero-order valence-corrected chi connectivity index (χ0v) is 45.7. The van der Waals surface area contributed by atoms with Gasteiger partial charge in [0.15, 0.2) is 0 Å². The second kappa shape index (κ2) is 29.4. The molecule has 2 aromatic carbocycles. The number of carbonyl (C=O) groups excluding carboxylic acids is 4. The molecule has 4 heterocycles. The van der Waals surface area contributed by atoms with Crippen LogP contribution in [0.4, 0.5) is 45.3 Å². The van der Waals surface area contributed by atoms with Gasteiger partial charge < -0.3 is 47.1 Å². The first-order chi connectivity index (χ1) is 33.9. The highest BCUT2D eigenvalue weighted by molar-refractivity contribution is 6.30. The highest BCUT2D eigenvalue weighted by Gasteiger charge is 2.19. The van der Waals surface area contributed by atoms with Gasteiger partial charge in [-0.15, -0.1) is 0 Å². The van der Waals surface area contributed by atoms with E-state index >= 15 is 0 Å². The fourth-order valence-electron chi connectivity index (χ4n) is 7.28. The van der Waals surface area contributed by atoms with E-state index in [4.69, 9.17) is 26.8 Å². The Labute approximate surface area is 432 Å². The van der Waals surface area contributed by atoms with E-state index in [1.807, 2.05) is 91.8 Å². The van der Waals surface area contributed by atoms with Gasteiger partial charge in [-0.05, 0) is 176 Å². The molecule has 0 aliphatic carbocycles. The van der Waals surface area contributed by atoms with Crippen LogP contribution in [0.5, 0.6) is 0 Å². The lowest BCUT2D eigenvalue weighted by atomic mass is 10.0. The van der Waals surface area contributed by atoms with Crippen molar-refractivity contribution in [2.45, 2.75) is 165 Å². The molecule has 0 bridgehead atoms. The van der Waals surface area contributed by atoms with Gasteiger partial charge in [0.25, 0.3) is 0 Å². The minimum atomic E-state index is -0.504. The monoisotopic (exact) mass is 1020 g/mol. The smallest absolute Gasteiger partial charge is 0.407 e. The van der Waals surface area contributed by atoms with Crippen molar-refractivity contribution in [1.29, 1.82) is 0 Å². The Morgan fingerprint density at radius 2 is 1.25 bits per heavy atom. The van der Waals surface area contributed by atoms with Gasteiger partial charge >= 0.3 is 12.1 Å². The third-order valence-electron chi connectivity index (χ3n) is 10.7. The van der Waals surface area contributed by atoms with Crippen molar-refractivity contribution < 1.29 is 28.7 Å². The van der Waals surface area contributed by atoms with Crippen molar-refractivity contribution in [2.75, 3.05) is 52.8 Å². The molecule has 72 heavy (non-hydrogen) atoms. The summed E-state index contributed by atoms with van der Waals surface area (Å²) in [5.74, 6) is 1.66. The maximum absolute atomic E-state index is 11.7. The van der Waals surface area contributed by atoms with Gasteiger partial charge in [0, 0.05) is 90.7 Å². The van der Waals surface area contributed by atoms with E-state index < -0.39 is 11.7 Å². The quantitative estimate of drug-likeness (QED) is 0.0314. The lowest BCUT2D eigenvalue weighted by molar-refractivity contribution is -0.154. The summed E-state index contributed by atoms with van der Waals surface area (Å²) in [6, 6.07) is 12.9. The number of nitrogens with one attached hydrogen (secondary N) is 6. The van der Waals surface area contributed by atoms with Crippen LogP contribution in [0.1, 0.15) is 137 Å². The largest absolute Gasteiger partial charge is 0.460 e. The number of aryl methyl sites for hydroxylation is 4. The second-order valence-corrected chi connectivity index (χ2v) is 20.4. The highest BCUT2D eigenvalue weighted by Crippen LogP contribution is 2.29. The Morgan fingerprint density at radius 3 is 1.71 bits per heavy atom. The number of hydrogen-bond acceptors (Lipinski definition) is 15. The van der Waals surface area contributed by atoms with Crippen LogP contribution in [0.15, 0.2) is 48.8 Å². The molecule has 2 aromatic heterocycles. The fourth-order valence-corrected chi connectivity index (χ4v) is 7.40. The number of benzene rings is 2. The van der Waals surface area contributed by atoms with Crippen molar-refractivity contribution in [3.8, 4) is 0 Å². The van der Waals surface area contributed by atoms with Crippen molar-refractivity contribution in [3.05, 3.63) is 76.2 Å². The number of halogens is 1. The van der Waals surface area contributed by atoms with Gasteiger partial charge in [0.1, 0.15) is 22.2 Å². The standard InChI is InChI=1S/C22H30N6O3.C14H13ClN4O.C9H19NO2.C8H19N/c1-14-13-25-20(26-16-7-8-17-15(12-16)6-9-18(29)27-17)28-19(14)23-10-5-11-24-21(30)31-22(2,3)4;1-8-7-16-14(19-13(8)15)17-10-3-4-11-9(6-10)2-5-12(20)18-11;1-9(2,3)12-8(11)6-4-5-7-10;1-6-9(7(2)3)8(4)5/h7-8,12-13H,5-6,9-11H2,1-4H3,(H,24,30)(H,27,29)(H2,23,25,26,28);3-4,6-7H,2,5H2,1H3,(H,18,20)(H,16,17,19);4-7,10H2,1-3H3;7-8H,6H2,1-5H3. The van der Waals surface area contributed by atoms with E-state index in [9.17, 15) is 19.2 Å². The number of esters is 1. The molecule has 2 aliphatic rings. The summed E-state index contributed by atoms with van der Waals surface area (Å²) in [6.45, 7) is 29.0. The summed E-state index contributed by atoms with van der Waals surface area (Å²) in [6.07, 6.45) is 8.41. The minimum absolute atomic E-state index is 0.0482. The van der Waals surface area contributed by atoms with Crippen LogP contribution in [0.2, 0.25) is 5.15 Å². The van der Waals surface area contributed by atoms with Gasteiger partial charge in [-0.25, -0.2) is 19.7 Å². The number of nitrogens with two attached hydrogens (primary N) is 1.